The Kier molecular flexibility index (Phi) is 4.90. The molecule has 150 valence electrons. The molecule has 3 heterocycles. The van der Waals surface area contributed by atoms with E-state index in [0.717, 1.165) is 51.3 Å². The van der Waals surface area contributed by atoms with Gasteiger partial charge in [0.15, 0.2) is 5.82 Å². The van der Waals surface area contributed by atoms with Gasteiger partial charge < -0.3 is 15.4 Å². The molecular weight excluding hydrogens is 396 g/mol. The minimum absolute atomic E-state index is 0.607. The third kappa shape index (κ3) is 3.77. The lowest BCUT2D eigenvalue weighted by Gasteiger charge is -2.10. The molecule has 0 atom stereocenters. The molecule has 0 saturated heterocycles. The smallest absolute Gasteiger partial charge is 0.225 e. The Bertz CT molecular complexity index is 1310. The van der Waals surface area contributed by atoms with Crippen molar-refractivity contribution in [2.24, 2.45) is 0 Å². The number of aromatic nitrogens is 4. The van der Waals surface area contributed by atoms with Crippen LogP contribution in [0.5, 0.6) is 5.75 Å². The average Bonchev–Trinajstić information content (AvgIpc) is 3.43. The molecule has 3 N–H and O–H groups in total. The van der Waals surface area contributed by atoms with E-state index in [9.17, 15) is 0 Å². The van der Waals surface area contributed by atoms with Crippen molar-refractivity contribution in [2.75, 3.05) is 24.3 Å². The van der Waals surface area contributed by atoms with Crippen molar-refractivity contribution < 1.29 is 4.74 Å². The first-order valence-corrected chi connectivity index (χ1v) is 10.5. The lowest BCUT2D eigenvalue weighted by Crippen LogP contribution is -2.09. The maximum absolute atomic E-state index is 5.29. The zero-order valence-corrected chi connectivity index (χ0v) is 17.2. The Hall–Kier alpha value is -3.65. The van der Waals surface area contributed by atoms with Crippen LogP contribution in [0.3, 0.4) is 0 Å². The monoisotopic (exact) mass is 416 g/mol. The topological polar surface area (TPSA) is 87.8 Å². The second kappa shape index (κ2) is 8.00. The molecule has 0 fully saturated rings. The predicted octanol–water partition coefficient (Wildman–Crippen LogP) is 4.97. The highest BCUT2D eigenvalue weighted by molar-refractivity contribution is 7.17. The molecule has 0 unspecified atom stereocenters. The van der Waals surface area contributed by atoms with Crippen molar-refractivity contribution >= 4 is 49.9 Å². The molecule has 0 aliphatic heterocycles. The van der Waals surface area contributed by atoms with Crippen LogP contribution in [0.4, 0.5) is 17.5 Å². The molecule has 3 aromatic heterocycles. The maximum atomic E-state index is 5.29. The van der Waals surface area contributed by atoms with E-state index in [1.165, 1.54) is 5.56 Å². The van der Waals surface area contributed by atoms with Crippen molar-refractivity contribution in [1.82, 2.24) is 20.2 Å². The molecule has 2 aromatic carbocycles. The van der Waals surface area contributed by atoms with Gasteiger partial charge in [0.25, 0.3) is 0 Å². The summed E-state index contributed by atoms with van der Waals surface area (Å²) in [6.45, 7) is 0.725. The van der Waals surface area contributed by atoms with Gasteiger partial charge in [-0.25, -0.2) is 4.98 Å². The van der Waals surface area contributed by atoms with Gasteiger partial charge >= 0.3 is 0 Å². The highest BCUT2D eigenvalue weighted by atomic mass is 32.1. The average molecular weight is 417 g/mol. The number of thiophene rings is 1. The van der Waals surface area contributed by atoms with E-state index in [1.54, 1.807) is 18.4 Å². The summed E-state index contributed by atoms with van der Waals surface area (Å²) in [6.07, 6.45) is 2.66. The minimum Gasteiger partial charge on any atom is -0.497 e. The summed E-state index contributed by atoms with van der Waals surface area (Å²) in [6, 6.07) is 16.2. The summed E-state index contributed by atoms with van der Waals surface area (Å²) in [5, 5.41) is 16.9. The fourth-order valence-corrected chi connectivity index (χ4v) is 4.11. The Morgan fingerprint density at radius 3 is 3.00 bits per heavy atom. The number of methoxy groups -OCH3 is 1. The molecule has 8 heteroatoms. The highest BCUT2D eigenvalue weighted by Crippen LogP contribution is 2.30. The summed E-state index contributed by atoms with van der Waals surface area (Å²) in [5.74, 6) is 2.27. The van der Waals surface area contributed by atoms with Crippen LogP contribution in [0.15, 0.2) is 60.1 Å². The van der Waals surface area contributed by atoms with Crippen LogP contribution < -0.4 is 15.4 Å². The first-order valence-electron chi connectivity index (χ1n) is 9.61. The molecule has 0 amide bonds. The van der Waals surface area contributed by atoms with Gasteiger partial charge in [0.05, 0.1) is 29.0 Å². The summed E-state index contributed by atoms with van der Waals surface area (Å²) in [7, 11) is 1.68. The van der Waals surface area contributed by atoms with Crippen LogP contribution in [0.1, 0.15) is 5.56 Å². The van der Waals surface area contributed by atoms with Crippen molar-refractivity contribution in [3.63, 3.8) is 0 Å². The first-order chi connectivity index (χ1) is 14.8. The number of hydrogen-bond donors (Lipinski definition) is 3. The van der Waals surface area contributed by atoms with Gasteiger partial charge in [0.1, 0.15) is 5.75 Å². The number of H-pyrrole nitrogens is 1. The van der Waals surface area contributed by atoms with Gasteiger partial charge in [0, 0.05) is 17.6 Å². The lowest BCUT2D eigenvalue weighted by atomic mass is 10.1. The van der Waals surface area contributed by atoms with E-state index in [0.29, 0.717) is 5.95 Å². The van der Waals surface area contributed by atoms with Crippen LogP contribution in [0.25, 0.3) is 21.1 Å². The second-order valence-electron chi connectivity index (χ2n) is 6.86. The predicted molar refractivity (Wildman–Crippen MR) is 122 cm³/mol. The zero-order chi connectivity index (χ0) is 20.3. The molecule has 0 aliphatic carbocycles. The van der Waals surface area contributed by atoms with E-state index in [4.69, 9.17) is 9.72 Å². The van der Waals surface area contributed by atoms with Crippen molar-refractivity contribution in [1.29, 1.82) is 0 Å². The largest absolute Gasteiger partial charge is 0.497 e. The second-order valence-corrected chi connectivity index (χ2v) is 7.77. The van der Waals surface area contributed by atoms with Gasteiger partial charge in [-0.2, -0.15) is 10.1 Å². The number of ether oxygens (including phenoxy) is 1. The normalized spacial score (nSPS) is 11.1. The molecular formula is C22H20N6OS. The molecule has 0 radical (unpaired) electrons. The number of aromatic amines is 1. The number of rotatable bonds is 7. The number of anilines is 3. The minimum atomic E-state index is 0.607. The third-order valence-corrected chi connectivity index (χ3v) is 5.75. The van der Waals surface area contributed by atoms with Crippen LogP contribution in [-0.4, -0.2) is 33.8 Å². The van der Waals surface area contributed by atoms with Crippen molar-refractivity contribution in [3.8, 4) is 5.75 Å². The number of benzene rings is 2. The van der Waals surface area contributed by atoms with Crippen molar-refractivity contribution in [2.45, 2.75) is 6.42 Å². The number of fused-ring (bicyclic) bond motifs is 2. The summed E-state index contributed by atoms with van der Waals surface area (Å²) >= 11 is 1.62. The van der Waals surface area contributed by atoms with E-state index < -0.39 is 0 Å². The van der Waals surface area contributed by atoms with Crippen LogP contribution >= 0.6 is 11.3 Å². The van der Waals surface area contributed by atoms with E-state index >= 15 is 0 Å². The summed E-state index contributed by atoms with van der Waals surface area (Å²) < 4.78 is 6.32. The van der Waals surface area contributed by atoms with Gasteiger partial charge in [-0.3, -0.25) is 5.10 Å². The fraction of sp³-hybridized carbons (Fsp3) is 0.136. The fourth-order valence-electron chi connectivity index (χ4n) is 3.33. The van der Waals surface area contributed by atoms with E-state index in [-0.39, 0.29) is 0 Å². The number of nitrogens with one attached hydrogen (secondary N) is 3. The Morgan fingerprint density at radius 1 is 1.10 bits per heavy atom. The number of nitrogens with zero attached hydrogens (tertiary/aromatic N) is 3. The SMILES string of the molecule is COc1cccc(CCNc2nc(Nc3ccc4[nH]ncc4c3)c3sccc3n2)c1. The molecule has 7 nitrogen and oxygen atoms in total. The lowest BCUT2D eigenvalue weighted by molar-refractivity contribution is 0.414. The number of hydrogen-bond acceptors (Lipinski definition) is 7. The quantitative estimate of drug-likeness (QED) is 0.347. The molecule has 5 rings (SSSR count). The van der Waals surface area contributed by atoms with E-state index in [1.807, 2.05) is 48.0 Å². The van der Waals surface area contributed by atoms with E-state index in [2.05, 4.69) is 37.9 Å². The summed E-state index contributed by atoms with van der Waals surface area (Å²) in [4.78, 5) is 9.38. The molecule has 5 aromatic rings. The summed E-state index contributed by atoms with van der Waals surface area (Å²) in [5.41, 5.74) is 4.08. The molecule has 30 heavy (non-hydrogen) atoms. The Morgan fingerprint density at radius 2 is 2.07 bits per heavy atom. The van der Waals surface area contributed by atoms with Gasteiger partial charge in [0.2, 0.25) is 5.95 Å². The zero-order valence-electron chi connectivity index (χ0n) is 16.3. The maximum Gasteiger partial charge on any atom is 0.225 e. The first kappa shape index (κ1) is 18.4. The molecule has 0 aliphatic rings. The van der Waals surface area contributed by atoms with Gasteiger partial charge in [-0.15, -0.1) is 11.3 Å². The Balaban J connectivity index is 1.35. The Labute approximate surface area is 177 Å². The highest BCUT2D eigenvalue weighted by Gasteiger charge is 2.10. The molecule has 0 spiro atoms. The standard InChI is InChI=1S/C22H20N6OS/c1-29-17-4-2-3-14(11-17)7-9-23-22-26-19-8-10-30-20(19)21(27-22)25-16-5-6-18-15(12-16)13-24-28-18/h2-6,8,10-13H,7,9H2,1H3,(H,24,28)(H2,23,25,26,27). The molecule has 0 saturated carbocycles. The van der Waals surface area contributed by atoms with Gasteiger partial charge in [-0.05, 0) is 53.8 Å². The van der Waals surface area contributed by atoms with Crippen LogP contribution in [-0.2, 0) is 6.42 Å². The van der Waals surface area contributed by atoms with Crippen molar-refractivity contribution in [3.05, 3.63) is 65.7 Å². The van der Waals surface area contributed by atoms with Crippen LogP contribution in [0, 0.1) is 0 Å². The third-order valence-electron chi connectivity index (χ3n) is 4.84. The van der Waals surface area contributed by atoms with Crippen LogP contribution in [0.2, 0.25) is 0 Å². The van der Waals surface area contributed by atoms with Gasteiger partial charge in [-0.1, -0.05) is 12.1 Å². The molecule has 0 bridgehead atoms.